The molecule has 0 aliphatic rings. The highest BCUT2D eigenvalue weighted by Crippen LogP contribution is 2.24. The van der Waals surface area contributed by atoms with Gasteiger partial charge in [0, 0.05) is 23.3 Å². The van der Waals surface area contributed by atoms with Crippen LogP contribution in [-0.2, 0) is 0 Å². The number of fused-ring (bicyclic) bond motifs is 5. The van der Waals surface area contributed by atoms with Crippen molar-refractivity contribution in [2.24, 2.45) is 0 Å². The summed E-state index contributed by atoms with van der Waals surface area (Å²) in [6.45, 7) is 2.03. The van der Waals surface area contributed by atoms with Gasteiger partial charge in [0.2, 0.25) is 5.78 Å². The van der Waals surface area contributed by atoms with Gasteiger partial charge in [0.1, 0.15) is 11.2 Å². The second-order valence-electron chi connectivity index (χ2n) is 4.28. The predicted octanol–water partition coefficient (Wildman–Crippen LogP) is 2.67. The maximum absolute atomic E-state index is 4.57. The fourth-order valence-corrected chi connectivity index (χ4v) is 2.26. The summed E-state index contributed by atoms with van der Waals surface area (Å²) in [5.41, 5.74) is 4.23. The number of nitrogens with one attached hydrogen (secondary N) is 1. The Balaban J connectivity index is 2.30. The summed E-state index contributed by atoms with van der Waals surface area (Å²) < 4.78 is 2.00. The number of H-pyrrole nitrogens is 1. The van der Waals surface area contributed by atoms with Crippen LogP contribution in [0, 0.1) is 6.92 Å². The first-order valence-electron chi connectivity index (χ1n) is 5.54. The quantitative estimate of drug-likeness (QED) is 0.497. The van der Waals surface area contributed by atoms with Crippen LogP contribution in [0.5, 0.6) is 0 Å². The van der Waals surface area contributed by atoms with E-state index in [9.17, 15) is 0 Å². The van der Waals surface area contributed by atoms with Crippen molar-refractivity contribution in [3.63, 3.8) is 0 Å². The lowest BCUT2D eigenvalue weighted by molar-refractivity contribution is 1.09. The molecule has 0 aliphatic carbocycles. The van der Waals surface area contributed by atoms with Crippen molar-refractivity contribution in [1.82, 2.24) is 19.4 Å². The van der Waals surface area contributed by atoms with Crippen LogP contribution in [0.25, 0.3) is 27.8 Å². The minimum atomic E-state index is 0.739. The maximum Gasteiger partial charge on any atom is 0.236 e. The van der Waals surface area contributed by atoms with E-state index in [0.717, 1.165) is 33.4 Å². The number of aryl methyl sites for hydroxylation is 1. The van der Waals surface area contributed by atoms with Crippen molar-refractivity contribution in [1.29, 1.82) is 0 Å². The zero-order chi connectivity index (χ0) is 11.4. The monoisotopic (exact) mass is 222 g/mol. The molecule has 4 rings (SSSR count). The van der Waals surface area contributed by atoms with Gasteiger partial charge in [0.25, 0.3) is 0 Å². The number of benzene rings is 1. The Bertz CT molecular complexity index is 854. The molecular formula is C13H10N4. The maximum atomic E-state index is 4.57. The number of imidazole rings is 1. The van der Waals surface area contributed by atoms with E-state index < -0.39 is 0 Å². The molecule has 3 aromatic heterocycles. The van der Waals surface area contributed by atoms with Crippen molar-refractivity contribution >= 4 is 27.8 Å². The van der Waals surface area contributed by atoms with Crippen LogP contribution in [0.4, 0.5) is 0 Å². The van der Waals surface area contributed by atoms with Gasteiger partial charge in [0.05, 0.1) is 0 Å². The Hall–Kier alpha value is -2.36. The van der Waals surface area contributed by atoms with E-state index in [2.05, 4.69) is 27.1 Å². The summed E-state index contributed by atoms with van der Waals surface area (Å²) in [7, 11) is 0. The van der Waals surface area contributed by atoms with Crippen molar-refractivity contribution in [3.8, 4) is 0 Å². The van der Waals surface area contributed by atoms with Gasteiger partial charge in [-0.05, 0) is 18.6 Å². The first-order chi connectivity index (χ1) is 8.33. The molecule has 0 unspecified atom stereocenters. The van der Waals surface area contributed by atoms with Crippen LogP contribution in [0.15, 0.2) is 36.7 Å². The molecule has 1 aromatic carbocycles. The minimum absolute atomic E-state index is 0.739. The highest BCUT2D eigenvalue weighted by atomic mass is 15.1. The van der Waals surface area contributed by atoms with Gasteiger partial charge in [-0.25, -0.2) is 9.97 Å². The van der Waals surface area contributed by atoms with Crippen LogP contribution >= 0.6 is 0 Å². The summed E-state index contributed by atoms with van der Waals surface area (Å²) in [5.74, 6) is 0.739. The number of aromatic nitrogens is 4. The van der Waals surface area contributed by atoms with E-state index in [4.69, 9.17) is 0 Å². The standard InChI is InChI=1S/C13H10N4/c1-8-6-14-13-16-11-9-4-2-3-5-10(9)15-12(11)17(13)7-8/h2-7,15H,1H3. The Morgan fingerprint density at radius 1 is 1.24 bits per heavy atom. The lowest BCUT2D eigenvalue weighted by Gasteiger charge is -1.94. The predicted molar refractivity (Wildman–Crippen MR) is 67.1 cm³/mol. The molecule has 3 heterocycles. The normalized spacial score (nSPS) is 11.8. The zero-order valence-corrected chi connectivity index (χ0v) is 9.31. The van der Waals surface area contributed by atoms with E-state index in [0.29, 0.717) is 0 Å². The van der Waals surface area contributed by atoms with Crippen molar-refractivity contribution in [2.75, 3.05) is 0 Å². The average Bonchev–Trinajstić information content (AvgIpc) is 2.85. The second-order valence-corrected chi connectivity index (χ2v) is 4.28. The molecule has 0 amide bonds. The molecule has 0 aliphatic heterocycles. The summed E-state index contributed by atoms with van der Waals surface area (Å²) in [6.07, 6.45) is 3.89. The number of rotatable bonds is 0. The first kappa shape index (κ1) is 8.75. The number of hydrogen-bond donors (Lipinski definition) is 1. The van der Waals surface area contributed by atoms with Crippen LogP contribution in [0.2, 0.25) is 0 Å². The molecule has 1 N–H and O–H groups in total. The van der Waals surface area contributed by atoms with E-state index in [1.54, 1.807) is 0 Å². The van der Waals surface area contributed by atoms with Crippen molar-refractivity contribution < 1.29 is 0 Å². The highest BCUT2D eigenvalue weighted by molar-refractivity contribution is 6.04. The fourth-order valence-electron chi connectivity index (χ4n) is 2.26. The van der Waals surface area contributed by atoms with Crippen LogP contribution in [0.3, 0.4) is 0 Å². The van der Waals surface area contributed by atoms with E-state index in [1.165, 1.54) is 0 Å². The summed E-state index contributed by atoms with van der Waals surface area (Å²) >= 11 is 0. The Labute approximate surface area is 96.9 Å². The summed E-state index contributed by atoms with van der Waals surface area (Å²) in [4.78, 5) is 12.3. The lowest BCUT2D eigenvalue weighted by atomic mass is 10.2. The number of para-hydroxylation sites is 1. The van der Waals surface area contributed by atoms with Gasteiger partial charge in [0.15, 0.2) is 0 Å². The van der Waals surface area contributed by atoms with E-state index in [1.807, 2.05) is 35.9 Å². The van der Waals surface area contributed by atoms with E-state index in [-0.39, 0.29) is 0 Å². The molecule has 0 radical (unpaired) electrons. The Kier molecular flexibility index (Phi) is 1.47. The molecule has 0 saturated heterocycles. The molecule has 4 nitrogen and oxygen atoms in total. The van der Waals surface area contributed by atoms with Crippen LogP contribution in [-0.4, -0.2) is 19.4 Å². The number of hydrogen-bond acceptors (Lipinski definition) is 2. The third-order valence-electron chi connectivity index (χ3n) is 3.04. The molecule has 4 aromatic rings. The SMILES string of the molecule is Cc1cnc2nc3c4ccccc4[nH]c3n2c1. The van der Waals surface area contributed by atoms with Gasteiger partial charge >= 0.3 is 0 Å². The second kappa shape index (κ2) is 2.85. The molecule has 0 fully saturated rings. The molecule has 82 valence electrons. The molecule has 4 heteroatoms. The number of nitrogens with zero attached hydrogens (tertiary/aromatic N) is 3. The van der Waals surface area contributed by atoms with Gasteiger partial charge in [-0.3, -0.25) is 4.40 Å². The Morgan fingerprint density at radius 2 is 2.12 bits per heavy atom. The molecule has 0 atom stereocenters. The highest BCUT2D eigenvalue weighted by Gasteiger charge is 2.11. The van der Waals surface area contributed by atoms with Gasteiger partial charge in [-0.2, -0.15) is 0 Å². The number of aromatic amines is 1. The van der Waals surface area contributed by atoms with Crippen LogP contribution < -0.4 is 0 Å². The lowest BCUT2D eigenvalue weighted by Crippen LogP contribution is -1.90. The van der Waals surface area contributed by atoms with Gasteiger partial charge in [-0.15, -0.1) is 0 Å². The van der Waals surface area contributed by atoms with Crippen molar-refractivity contribution in [3.05, 3.63) is 42.2 Å². The third kappa shape index (κ3) is 1.07. The molecule has 0 bridgehead atoms. The topological polar surface area (TPSA) is 46.0 Å². The summed E-state index contributed by atoms with van der Waals surface area (Å²) in [6, 6.07) is 8.19. The average molecular weight is 222 g/mol. The molecule has 17 heavy (non-hydrogen) atoms. The van der Waals surface area contributed by atoms with Crippen molar-refractivity contribution in [2.45, 2.75) is 6.92 Å². The van der Waals surface area contributed by atoms with Gasteiger partial charge in [-0.1, -0.05) is 18.2 Å². The Morgan fingerprint density at radius 3 is 3.06 bits per heavy atom. The van der Waals surface area contributed by atoms with Crippen LogP contribution in [0.1, 0.15) is 5.56 Å². The molecule has 0 saturated carbocycles. The first-order valence-corrected chi connectivity index (χ1v) is 5.54. The molecular weight excluding hydrogens is 212 g/mol. The molecule has 0 spiro atoms. The van der Waals surface area contributed by atoms with Gasteiger partial charge < -0.3 is 4.98 Å². The summed E-state index contributed by atoms with van der Waals surface area (Å²) in [5, 5.41) is 1.14. The van der Waals surface area contributed by atoms with E-state index >= 15 is 0 Å². The minimum Gasteiger partial charge on any atom is -0.339 e. The fraction of sp³-hybridized carbons (Fsp3) is 0.0769. The third-order valence-corrected chi connectivity index (χ3v) is 3.04. The zero-order valence-electron chi connectivity index (χ0n) is 9.31. The smallest absolute Gasteiger partial charge is 0.236 e. The largest absolute Gasteiger partial charge is 0.339 e.